The van der Waals surface area contributed by atoms with Crippen LogP contribution >= 0.6 is 18.9 Å². The summed E-state index contributed by atoms with van der Waals surface area (Å²) in [6.45, 7) is 3.00. The summed E-state index contributed by atoms with van der Waals surface area (Å²) in [6.07, 6.45) is 5.69. The van der Waals surface area contributed by atoms with E-state index in [1.807, 2.05) is 66.7 Å². The van der Waals surface area contributed by atoms with E-state index in [-0.39, 0.29) is 61.9 Å². The SMILES string of the molecule is N#C/C(=C\c1cc2cc3c4c(c2oc1=O)CCCN4CCC3)C(=O)N1CCN(C(=O)CC[C@H](NC(=O)c2cccc(CCl)c2)C(=O)NCC[P+](c2ccccc2)(c2ccccc2)c2ccccc2)CC1. The number of nitrogens with zero attached hydrogens (tertiary/aromatic N) is 4. The molecule has 14 heteroatoms. The number of alkyl halides is 1. The molecule has 0 saturated carbocycles. The summed E-state index contributed by atoms with van der Waals surface area (Å²) < 4.78 is 5.91. The van der Waals surface area contributed by atoms with Crippen molar-refractivity contribution in [3.05, 3.63) is 171 Å². The number of aryl methyl sites for hydroxylation is 2. The minimum atomic E-state index is -2.27. The molecule has 0 unspecified atom stereocenters. The van der Waals surface area contributed by atoms with Crippen LogP contribution in [0.25, 0.3) is 17.0 Å². The second-order valence-corrected chi connectivity index (χ2v) is 21.9. The predicted octanol–water partition coefficient (Wildman–Crippen LogP) is 6.50. The Morgan fingerprint density at radius 2 is 1.40 bits per heavy atom. The van der Waals surface area contributed by atoms with Crippen LogP contribution in [0.15, 0.2) is 142 Å². The molecule has 356 valence electrons. The third kappa shape index (κ3) is 10.1. The summed E-state index contributed by atoms with van der Waals surface area (Å²) in [5.41, 5.74) is 4.44. The predicted molar refractivity (Wildman–Crippen MR) is 278 cm³/mol. The Balaban J connectivity index is 0.872. The average molecular weight is 975 g/mol. The molecule has 0 aliphatic carbocycles. The first-order valence-corrected chi connectivity index (χ1v) is 26.5. The third-order valence-electron chi connectivity index (χ3n) is 13.8. The number of rotatable bonds is 15. The van der Waals surface area contributed by atoms with Crippen LogP contribution in [0.3, 0.4) is 0 Å². The normalized spacial score (nSPS) is 15.1. The first kappa shape index (κ1) is 48.0. The zero-order valence-corrected chi connectivity index (χ0v) is 40.6. The molecule has 70 heavy (non-hydrogen) atoms. The summed E-state index contributed by atoms with van der Waals surface area (Å²) in [5, 5.41) is 20.5. The second-order valence-electron chi connectivity index (χ2n) is 18.0. The van der Waals surface area contributed by atoms with Gasteiger partial charge < -0.3 is 29.8 Å². The van der Waals surface area contributed by atoms with Crippen molar-refractivity contribution in [1.82, 2.24) is 20.4 Å². The molecule has 3 aliphatic heterocycles. The van der Waals surface area contributed by atoms with E-state index >= 15 is 0 Å². The van der Waals surface area contributed by atoms with Crippen molar-refractivity contribution in [2.75, 3.05) is 56.9 Å². The van der Waals surface area contributed by atoms with Crippen LogP contribution in [-0.4, -0.2) is 91.4 Å². The van der Waals surface area contributed by atoms with Crippen molar-refractivity contribution in [2.45, 2.75) is 50.4 Å². The van der Waals surface area contributed by atoms with Gasteiger partial charge in [-0.15, -0.1) is 11.6 Å². The van der Waals surface area contributed by atoms with E-state index in [0.29, 0.717) is 23.9 Å². The van der Waals surface area contributed by atoms with Gasteiger partial charge in [0.05, 0.1) is 18.3 Å². The van der Waals surface area contributed by atoms with Crippen molar-refractivity contribution >= 4 is 81.1 Å². The maximum atomic E-state index is 14.3. The molecule has 1 fully saturated rings. The molecule has 9 rings (SSSR count). The number of nitrogens with one attached hydrogen (secondary N) is 2. The summed E-state index contributed by atoms with van der Waals surface area (Å²) in [6, 6.07) is 42.7. The lowest BCUT2D eigenvalue weighted by atomic mass is 9.90. The summed E-state index contributed by atoms with van der Waals surface area (Å²) in [7, 11) is -2.27. The first-order valence-electron chi connectivity index (χ1n) is 24.0. The van der Waals surface area contributed by atoms with Gasteiger partial charge in [-0.25, -0.2) is 4.79 Å². The fraction of sp³-hybridized carbons (Fsp3) is 0.286. The molecule has 6 aromatic rings. The lowest BCUT2D eigenvalue weighted by molar-refractivity contribution is -0.137. The van der Waals surface area contributed by atoms with Gasteiger partial charge in [0.2, 0.25) is 11.8 Å². The van der Waals surface area contributed by atoms with Gasteiger partial charge in [0.15, 0.2) is 0 Å². The average Bonchev–Trinajstić information content (AvgIpc) is 3.41. The summed E-state index contributed by atoms with van der Waals surface area (Å²) in [4.78, 5) is 74.5. The van der Waals surface area contributed by atoms with Crippen LogP contribution in [0.1, 0.15) is 58.3 Å². The third-order valence-corrected chi connectivity index (χ3v) is 18.5. The molecular weight excluding hydrogens is 919 g/mol. The number of carbonyl (C=O) groups excluding carboxylic acids is 4. The number of anilines is 1. The monoisotopic (exact) mass is 973 g/mol. The Labute approximate surface area is 413 Å². The molecule has 1 saturated heterocycles. The maximum absolute atomic E-state index is 14.3. The lowest BCUT2D eigenvalue weighted by Crippen LogP contribution is -2.52. The standard InChI is InChI=1S/C56H54ClN6O6P/c57-37-39-13-10-14-41(33-39)53(65)60-49(54(66)59-25-32-70(45-16-4-1-5-17-45,46-18-6-2-7-19-46)47-20-8-3-9-21-47)23-24-50(64)61-28-30-63(31-29-61)55(67)44(38-58)36-43-35-42-34-40-15-11-26-62-27-12-22-48(51(40)62)52(42)69-56(43)68/h1-10,13-14,16-21,33-36,49H,11-12,15,22-32,37H2,(H-,59,60,65,66)/p+1/b44-36+/t49-/m0/s1. The van der Waals surface area contributed by atoms with Crippen molar-refractivity contribution in [3.63, 3.8) is 0 Å². The van der Waals surface area contributed by atoms with Crippen LogP contribution < -0.4 is 37.1 Å². The molecule has 4 amide bonds. The molecule has 1 aromatic heterocycles. The fourth-order valence-electron chi connectivity index (χ4n) is 10.3. The van der Waals surface area contributed by atoms with Gasteiger partial charge in [-0.2, -0.15) is 5.26 Å². The number of carbonyl (C=O) groups is 4. The molecule has 0 bridgehead atoms. The maximum Gasteiger partial charge on any atom is 0.343 e. The molecule has 3 aliphatic rings. The van der Waals surface area contributed by atoms with Gasteiger partial charge >= 0.3 is 5.63 Å². The highest BCUT2D eigenvalue weighted by atomic mass is 35.5. The van der Waals surface area contributed by atoms with Crippen LogP contribution in [-0.2, 0) is 33.1 Å². The van der Waals surface area contributed by atoms with Crippen molar-refractivity contribution < 1.29 is 23.6 Å². The zero-order valence-electron chi connectivity index (χ0n) is 38.9. The number of hydrogen-bond acceptors (Lipinski definition) is 8. The number of piperazine rings is 1. The molecule has 12 nitrogen and oxygen atoms in total. The molecule has 0 spiro atoms. The Hall–Kier alpha value is -7.06. The van der Waals surface area contributed by atoms with E-state index < -0.39 is 36.7 Å². The van der Waals surface area contributed by atoms with Gasteiger partial charge in [0, 0.05) is 73.8 Å². The Bertz CT molecular complexity index is 2940. The molecule has 4 heterocycles. The van der Waals surface area contributed by atoms with E-state index in [9.17, 15) is 29.2 Å². The van der Waals surface area contributed by atoms with Crippen molar-refractivity contribution in [2.24, 2.45) is 0 Å². The smallest absolute Gasteiger partial charge is 0.343 e. The first-order chi connectivity index (χ1) is 34.2. The Morgan fingerprint density at radius 1 is 0.771 bits per heavy atom. The largest absolute Gasteiger partial charge is 0.422 e. The number of fused-ring (bicyclic) bond motifs is 2. The highest BCUT2D eigenvalue weighted by Crippen LogP contribution is 2.54. The van der Waals surface area contributed by atoms with Gasteiger partial charge in [-0.3, -0.25) is 19.2 Å². The number of nitriles is 1. The number of amides is 4. The molecule has 1 atom stereocenters. The topological polar surface area (TPSA) is 156 Å². The molecule has 2 N–H and O–H groups in total. The van der Waals surface area contributed by atoms with Gasteiger partial charge in [0.1, 0.15) is 46.4 Å². The van der Waals surface area contributed by atoms with Crippen LogP contribution in [0, 0.1) is 11.3 Å². The molecule has 0 radical (unpaired) electrons. The number of benzene rings is 5. The lowest BCUT2D eigenvalue weighted by Gasteiger charge is -2.37. The van der Waals surface area contributed by atoms with E-state index in [1.165, 1.54) is 38.1 Å². The summed E-state index contributed by atoms with van der Waals surface area (Å²) in [5.74, 6) is -1.44. The van der Waals surface area contributed by atoms with Crippen LogP contribution in [0.4, 0.5) is 5.69 Å². The molecular formula is C56H55ClN6O6P+. The number of hydrogen-bond donors (Lipinski definition) is 2. The van der Waals surface area contributed by atoms with Crippen LogP contribution in [0.5, 0.6) is 0 Å². The highest BCUT2D eigenvalue weighted by Gasteiger charge is 2.45. The highest BCUT2D eigenvalue weighted by molar-refractivity contribution is 7.95. The number of halogens is 1. The van der Waals surface area contributed by atoms with Crippen LogP contribution in [0.2, 0.25) is 0 Å². The minimum absolute atomic E-state index is 0.0271. The van der Waals surface area contributed by atoms with E-state index in [1.54, 1.807) is 29.2 Å². The van der Waals surface area contributed by atoms with E-state index in [0.717, 1.165) is 55.3 Å². The minimum Gasteiger partial charge on any atom is -0.422 e. The van der Waals surface area contributed by atoms with E-state index in [4.69, 9.17) is 16.0 Å². The Kier molecular flexibility index (Phi) is 14.9. The Morgan fingerprint density at radius 3 is 2.03 bits per heavy atom. The second kappa shape index (κ2) is 21.7. The molecule has 5 aromatic carbocycles. The van der Waals surface area contributed by atoms with Gasteiger partial charge in [0.25, 0.3) is 11.8 Å². The zero-order chi connectivity index (χ0) is 48.6. The summed E-state index contributed by atoms with van der Waals surface area (Å²) >= 11 is 6.09. The van der Waals surface area contributed by atoms with Gasteiger partial charge in [-0.1, -0.05) is 66.7 Å². The van der Waals surface area contributed by atoms with Gasteiger partial charge in [-0.05, 0) is 110 Å². The van der Waals surface area contributed by atoms with Crippen molar-refractivity contribution in [3.8, 4) is 6.07 Å². The quantitative estimate of drug-likeness (QED) is 0.0389. The van der Waals surface area contributed by atoms with Crippen molar-refractivity contribution in [1.29, 1.82) is 5.26 Å². The van der Waals surface area contributed by atoms with E-state index in [2.05, 4.69) is 58.0 Å². The fourth-order valence-corrected chi connectivity index (χ4v) is 14.6.